The molecule has 0 spiro atoms. The molecular formula is C12H11N5OS. The van der Waals surface area contributed by atoms with Gasteiger partial charge in [-0.15, -0.1) is 11.3 Å². The Bertz CT molecular complexity index is 705. The fraction of sp³-hybridized carbons (Fsp3) is 0.167. The van der Waals surface area contributed by atoms with Crippen LogP contribution in [0.15, 0.2) is 28.4 Å². The third-order valence-corrected chi connectivity index (χ3v) is 3.50. The molecule has 19 heavy (non-hydrogen) atoms. The Morgan fingerprint density at radius 2 is 2.26 bits per heavy atom. The van der Waals surface area contributed by atoms with Crippen LogP contribution in [0.1, 0.15) is 10.6 Å². The summed E-state index contributed by atoms with van der Waals surface area (Å²) in [5.41, 5.74) is 8.09. The second-order valence-corrected chi connectivity index (χ2v) is 4.89. The molecule has 0 unspecified atom stereocenters. The monoisotopic (exact) mass is 273 g/mol. The van der Waals surface area contributed by atoms with E-state index in [1.165, 1.54) is 11.3 Å². The molecule has 3 rings (SSSR count). The Morgan fingerprint density at radius 1 is 1.37 bits per heavy atom. The minimum Gasteiger partial charge on any atom is -0.332 e. The topological polar surface area (TPSA) is 90.7 Å². The van der Waals surface area contributed by atoms with Crippen LogP contribution in [0.25, 0.3) is 23.0 Å². The Morgan fingerprint density at radius 3 is 3.00 bits per heavy atom. The molecule has 96 valence electrons. The Labute approximate surface area is 113 Å². The van der Waals surface area contributed by atoms with Crippen LogP contribution in [0.2, 0.25) is 0 Å². The number of pyridine rings is 1. The number of nitrogens with two attached hydrogens (primary N) is 1. The number of thiazole rings is 1. The third-order valence-electron chi connectivity index (χ3n) is 2.63. The first-order valence-electron chi connectivity index (χ1n) is 5.67. The van der Waals surface area contributed by atoms with E-state index in [2.05, 4.69) is 20.1 Å². The van der Waals surface area contributed by atoms with Gasteiger partial charge in [0.05, 0.1) is 0 Å². The van der Waals surface area contributed by atoms with E-state index in [9.17, 15) is 0 Å². The standard InChI is InChI=1S/C12H11N5OS/c1-7-5-14-3-2-8(7)11-16-12(18-17-11)9-6-19-10(4-13)15-9/h2-3,5-6H,4,13H2,1H3. The quantitative estimate of drug-likeness (QED) is 0.785. The molecule has 0 atom stereocenters. The average Bonchev–Trinajstić information content (AvgIpc) is 3.08. The van der Waals surface area contributed by atoms with Crippen molar-refractivity contribution in [2.24, 2.45) is 5.73 Å². The number of hydrogen-bond acceptors (Lipinski definition) is 7. The van der Waals surface area contributed by atoms with Gasteiger partial charge in [-0.2, -0.15) is 4.98 Å². The molecule has 0 aromatic carbocycles. The lowest BCUT2D eigenvalue weighted by atomic mass is 10.1. The Hall–Kier alpha value is -2.12. The minimum absolute atomic E-state index is 0.405. The number of aryl methyl sites for hydroxylation is 1. The summed E-state index contributed by atoms with van der Waals surface area (Å²) in [5, 5.41) is 6.68. The van der Waals surface area contributed by atoms with Crippen molar-refractivity contribution in [3.63, 3.8) is 0 Å². The smallest absolute Gasteiger partial charge is 0.277 e. The maximum Gasteiger partial charge on any atom is 0.277 e. The first-order chi connectivity index (χ1) is 9.28. The zero-order chi connectivity index (χ0) is 13.2. The lowest BCUT2D eigenvalue weighted by molar-refractivity contribution is 0.431. The highest BCUT2D eigenvalue weighted by Gasteiger charge is 2.14. The largest absolute Gasteiger partial charge is 0.332 e. The van der Waals surface area contributed by atoms with Crippen molar-refractivity contribution in [3.05, 3.63) is 34.4 Å². The van der Waals surface area contributed by atoms with Crippen LogP contribution in [0.5, 0.6) is 0 Å². The molecule has 0 amide bonds. The molecule has 0 fully saturated rings. The van der Waals surface area contributed by atoms with Crippen molar-refractivity contribution in [2.75, 3.05) is 0 Å². The van der Waals surface area contributed by atoms with Gasteiger partial charge >= 0.3 is 0 Å². The molecule has 0 aliphatic carbocycles. The van der Waals surface area contributed by atoms with E-state index >= 15 is 0 Å². The van der Waals surface area contributed by atoms with Crippen molar-refractivity contribution >= 4 is 11.3 Å². The summed E-state index contributed by atoms with van der Waals surface area (Å²) in [6, 6.07) is 1.86. The maximum atomic E-state index is 5.53. The zero-order valence-corrected chi connectivity index (χ0v) is 11.0. The molecule has 0 aliphatic heterocycles. The molecule has 7 heteroatoms. The van der Waals surface area contributed by atoms with Gasteiger partial charge in [-0.3, -0.25) is 4.98 Å². The lowest BCUT2D eigenvalue weighted by Gasteiger charge is -1.97. The van der Waals surface area contributed by atoms with Crippen LogP contribution >= 0.6 is 11.3 Å². The first kappa shape index (κ1) is 11.9. The highest BCUT2D eigenvalue weighted by atomic mass is 32.1. The number of nitrogens with zero attached hydrogens (tertiary/aromatic N) is 4. The van der Waals surface area contributed by atoms with Gasteiger partial charge in [-0.1, -0.05) is 5.16 Å². The second kappa shape index (κ2) is 4.87. The predicted molar refractivity (Wildman–Crippen MR) is 71.3 cm³/mol. The molecule has 3 heterocycles. The fourth-order valence-electron chi connectivity index (χ4n) is 1.66. The molecule has 0 saturated carbocycles. The third kappa shape index (κ3) is 2.25. The van der Waals surface area contributed by atoms with Gasteiger partial charge < -0.3 is 10.3 Å². The van der Waals surface area contributed by atoms with E-state index in [0.717, 1.165) is 16.1 Å². The molecule has 0 radical (unpaired) electrons. The summed E-state index contributed by atoms with van der Waals surface area (Å²) >= 11 is 1.48. The van der Waals surface area contributed by atoms with Crippen LogP contribution in [-0.2, 0) is 6.54 Å². The van der Waals surface area contributed by atoms with E-state index in [1.54, 1.807) is 12.4 Å². The summed E-state index contributed by atoms with van der Waals surface area (Å²) in [7, 11) is 0. The normalized spacial score (nSPS) is 10.8. The van der Waals surface area contributed by atoms with Gasteiger partial charge in [0, 0.05) is 29.9 Å². The van der Waals surface area contributed by atoms with Crippen LogP contribution < -0.4 is 5.73 Å². The van der Waals surface area contributed by atoms with E-state index < -0.39 is 0 Å². The summed E-state index contributed by atoms with van der Waals surface area (Å²) in [5.74, 6) is 0.944. The van der Waals surface area contributed by atoms with E-state index in [0.29, 0.717) is 24.0 Å². The molecule has 3 aromatic rings. The van der Waals surface area contributed by atoms with Crippen molar-refractivity contribution in [1.29, 1.82) is 0 Å². The second-order valence-electron chi connectivity index (χ2n) is 3.94. The van der Waals surface area contributed by atoms with Crippen LogP contribution in [0.4, 0.5) is 0 Å². The molecule has 0 saturated heterocycles. The van der Waals surface area contributed by atoms with E-state index in [-0.39, 0.29) is 0 Å². The number of rotatable bonds is 3. The van der Waals surface area contributed by atoms with Gasteiger partial charge in [-0.25, -0.2) is 4.98 Å². The summed E-state index contributed by atoms with van der Waals surface area (Å²) in [6.45, 7) is 2.36. The van der Waals surface area contributed by atoms with Gasteiger partial charge in [0.2, 0.25) is 5.82 Å². The Kier molecular flexibility index (Phi) is 3.06. The van der Waals surface area contributed by atoms with Crippen molar-refractivity contribution < 1.29 is 4.52 Å². The van der Waals surface area contributed by atoms with Crippen LogP contribution in [0, 0.1) is 6.92 Å². The molecular weight excluding hydrogens is 262 g/mol. The van der Waals surface area contributed by atoms with Gasteiger partial charge in [-0.05, 0) is 18.6 Å². The van der Waals surface area contributed by atoms with Crippen LogP contribution in [0.3, 0.4) is 0 Å². The van der Waals surface area contributed by atoms with Crippen LogP contribution in [-0.4, -0.2) is 20.1 Å². The molecule has 0 aliphatic rings. The zero-order valence-electron chi connectivity index (χ0n) is 10.2. The Balaban J connectivity index is 1.97. The van der Waals surface area contributed by atoms with Crippen molar-refractivity contribution in [1.82, 2.24) is 20.1 Å². The number of hydrogen-bond donors (Lipinski definition) is 1. The molecule has 3 aromatic heterocycles. The average molecular weight is 273 g/mol. The molecule has 0 bridgehead atoms. The predicted octanol–water partition coefficient (Wildman–Crippen LogP) is 2.02. The van der Waals surface area contributed by atoms with Gasteiger partial charge in [0.15, 0.2) is 0 Å². The number of aromatic nitrogens is 4. The molecule has 2 N–H and O–H groups in total. The highest BCUT2D eigenvalue weighted by Crippen LogP contribution is 2.24. The fourth-order valence-corrected chi connectivity index (χ4v) is 2.31. The van der Waals surface area contributed by atoms with Gasteiger partial charge in [0.1, 0.15) is 10.7 Å². The summed E-state index contributed by atoms with van der Waals surface area (Å²) in [4.78, 5) is 12.7. The van der Waals surface area contributed by atoms with Gasteiger partial charge in [0.25, 0.3) is 5.89 Å². The van der Waals surface area contributed by atoms with E-state index in [1.807, 2.05) is 18.4 Å². The first-order valence-corrected chi connectivity index (χ1v) is 6.55. The molecule has 6 nitrogen and oxygen atoms in total. The summed E-state index contributed by atoms with van der Waals surface area (Å²) in [6.07, 6.45) is 3.47. The van der Waals surface area contributed by atoms with Crippen molar-refractivity contribution in [2.45, 2.75) is 13.5 Å². The summed E-state index contributed by atoms with van der Waals surface area (Å²) < 4.78 is 5.24. The minimum atomic E-state index is 0.405. The van der Waals surface area contributed by atoms with Crippen molar-refractivity contribution in [3.8, 4) is 23.0 Å². The SMILES string of the molecule is Cc1cnccc1-c1noc(-c2csc(CN)n2)n1. The maximum absolute atomic E-state index is 5.53. The highest BCUT2D eigenvalue weighted by molar-refractivity contribution is 7.09. The lowest BCUT2D eigenvalue weighted by Crippen LogP contribution is -1.94. The van der Waals surface area contributed by atoms with E-state index in [4.69, 9.17) is 10.3 Å².